The second-order valence-corrected chi connectivity index (χ2v) is 4.50. The number of nitrogens with one attached hydrogen (secondary N) is 2. The van der Waals surface area contributed by atoms with Gasteiger partial charge in [0, 0.05) is 11.6 Å². The normalized spacial score (nSPS) is 13.1. The Kier molecular flexibility index (Phi) is 5.62. The van der Waals surface area contributed by atoms with Crippen molar-refractivity contribution in [2.75, 3.05) is 6.54 Å². The lowest BCUT2D eigenvalue weighted by Gasteiger charge is -2.15. The number of rotatable bonds is 5. The van der Waals surface area contributed by atoms with Crippen LogP contribution in [-0.4, -0.2) is 24.7 Å². The molecule has 1 aromatic carbocycles. The Labute approximate surface area is 114 Å². The summed E-state index contributed by atoms with van der Waals surface area (Å²) in [7, 11) is 0. The van der Waals surface area contributed by atoms with Crippen molar-refractivity contribution in [2.45, 2.75) is 25.7 Å². The molecule has 1 atom stereocenters. The number of alkyl halides is 3. The summed E-state index contributed by atoms with van der Waals surface area (Å²) in [6.07, 6.45) is -4.40. The molecule has 0 spiro atoms. The van der Waals surface area contributed by atoms with Crippen molar-refractivity contribution >= 4 is 17.5 Å². The van der Waals surface area contributed by atoms with Gasteiger partial charge in [0.2, 0.25) is 5.91 Å². The maximum Gasteiger partial charge on any atom is 0.405 e. The number of halogens is 4. The van der Waals surface area contributed by atoms with E-state index in [-0.39, 0.29) is 0 Å². The Hall–Kier alpha value is -1.27. The van der Waals surface area contributed by atoms with Crippen LogP contribution < -0.4 is 10.6 Å². The maximum atomic E-state index is 11.9. The summed E-state index contributed by atoms with van der Waals surface area (Å²) in [6, 6.07) is 6.27. The lowest BCUT2D eigenvalue weighted by molar-refractivity contribution is -0.139. The monoisotopic (exact) mass is 294 g/mol. The fraction of sp³-hybridized carbons (Fsp3) is 0.417. The molecule has 0 saturated carbocycles. The number of amides is 1. The van der Waals surface area contributed by atoms with E-state index in [9.17, 15) is 18.0 Å². The van der Waals surface area contributed by atoms with Crippen LogP contribution >= 0.6 is 11.6 Å². The fourth-order valence-corrected chi connectivity index (χ4v) is 1.56. The first-order valence-electron chi connectivity index (χ1n) is 5.60. The highest BCUT2D eigenvalue weighted by Gasteiger charge is 2.28. The second-order valence-electron chi connectivity index (χ2n) is 4.07. The second kappa shape index (κ2) is 6.77. The van der Waals surface area contributed by atoms with E-state index in [1.165, 1.54) is 6.92 Å². The summed E-state index contributed by atoms with van der Waals surface area (Å²) in [6.45, 7) is 0.520. The molecule has 0 aliphatic carbocycles. The summed E-state index contributed by atoms with van der Waals surface area (Å²) in [5, 5.41) is 5.21. The molecule has 0 heterocycles. The molecule has 7 heteroatoms. The van der Waals surface area contributed by atoms with Crippen LogP contribution in [-0.2, 0) is 11.3 Å². The van der Waals surface area contributed by atoms with Gasteiger partial charge in [-0.1, -0.05) is 23.7 Å². The van der Waals surface area contributed by atoms with Gasteiger partial charge in [0.15, 0.2) is 0 Å². The predicted octanol–water partition coefficient (Wildman–Crippen LogP) is 2.50. The highest BCUT2D eigenvalue weighted by atomic mass is 35.5. The van der Waals surface area contributed by atoms with Crippen molar-refractivity contribution in [3.63, 3.8) is 0 Å². The molecule has 106 valence electrons. The molecule has 0 bridgehead atoms. The third-order valence-corrected chi connectivity index (χ3v) is 2.59. The third-order valence-electron chi connectivity index (χ3n) is 2.36. The number of carbonyl (C=O) groups is 1. The van der Waals surface area contributed by atoms with E-state index in [1.807, 2.05) is 5.32 Å². The van der Waals surface area contributed by atoms with Crippen LogP contribution in [0, 0.1) is 0 Å². The van der Waals surface area contributed by atoms with Crippen LogP contribution in [0.15, 0.2) is 24.3 Å². The molecule has 3 nitrogen and oxygen atoms in total. The molecule has 0 saturated heterocycles. The van der Waals surface area contributed by atoms with E-state index in [2.05, 4.69) is 5.32 Å². The zero-order chi connectivity index (χ0) is 14.5. The zero-order valence-corrected chi connectivity index (χ0v) is 11.0. The van der Waals surface area contributed by atoms with Gasteiger partial charge in [-0.15, -0.1) is 0 Å². The molecule has 1 unspecified atom stereocenters. The minimum absolute atomic E-state index is 0.348. The van der Waals surface area contributed by atoms with Gasteiger partial charge in [-0.3, -0.25) is 4.79 Å². The van der Waals surface area contributed by atoms with Gasteiger partial charge in [0.1, 0.15) is 6.54 Å². The summed E-state index contributed by atoms with van der Waals surface area (Å²) < 4.78 is 35.8. The average molecular weight is 295 g/mol. The van der Waals surface area contributed by atoms with Crippen molar-refractivity contribution in [1.29, 1.82) is 0 Å². The maximum absolute atomic E-state index is 11.9. The van der Waals surface area contributed by atoms with Crippen LogP contribution in [0.25, 0.3) is 0 Å². The molecule has 0 aliphatic heterocycles. The van der Waals surface area contributed by atoms with E-state index in [0.29, 0.717) is 11.6 Å². The average Bonchev–Trinajstić information content (AvgIpc) is 2.32. The molecule has 0 aromatic heterocycles. The Morgan fingerprint density at radius 3 is 2.68 bits per heavy atom. The summed E-state index contributed by atoms with van der Waals surface area (Å²) in [4.78, 5) is 11.4. The van der Waals surface area contributed by atoms with E-state index < -0.39 is 24.7 Å². The Morgan fingerprint density at radius 1 is 1.42 bits per heavy atom. The molecular formula is C12H14ClF3N2O. The smallest absolute Gasteiger partial charge is 0.346 e. The van der Waals surface area contributed by atoms with Crippen molar-refractivity contribution in [3.8, 4) is 0 Å². The first kappa shape index (κ1) is 15.8. The van der Waals surface area contributed by atoms with Crippen molar-refractivity contribution in [1.82, 2.24) is 10.6 Å². The number of benzene rings is 1. The lowest BCUT2D eigenvalue weighted by Crippen LogP contribution is -2.44. The Balaban J connectivity index is 2.38. The lowest BCUT2D eigenvalue weighted by atomic mass is 10.2. The number of carbonyl (C=O) groups excluding carboxylic acids is 1. The standard InChI is InChI=1S/C12H14ClF3N2O/c1-8(11(19)18-7-12(14,15)16)17-6-9-3-2-4-10(13)5-9/h2-5,8,17H,6-7H2,1H3,(H,18,19). The molecule has 1 amide bonds. The topological polar surface area (TPSA) is 41.1 Å². The molecule has 19 heavy (non-hydrogen) atoms. The molecule has 0 aliphatic rings. The van der Waals surface area contributed by atoms with Crippen LogP contribution in [0.5, 0.6) is 0 Å². The fourth-order valence-electron chi connectivity index (χ4n) is 1.35. The quantitative estimate of drug-likeness (QED) is 0.876. The van der Waals surface area contributed by atoms with Gasteiger partial charge >= 0.3 is 6.18 Å². The molecule has 0 radical (unpaired) electrons. The van der Waals surface area contributed by atoms with Gasteiger partial charge in [-0.2, -0.15) is 13.2 Å². The summed E-state index contributed by atoms with van der Waals surface area (Å²) in [5.74, 6) is -0.695. The third kappa shape index (κ3) is 6.45. The minimum Gasteiger partial charge on any atom is -0.346 e. The van der Waals surface area contributed by atoms with E-state index in [0.717, 1.165) is 5.56 Å². The molecule has 1 aromatic rings. The first-order chi connectivity index (χ1) is 8.78. The summed E-state index contributed by atoms with van der Waals surface area (Å²) in [5.41, 5.74) is 0.850. The Morgan fingerprint density at radius 2 is 2.11 bits per heavy atom. The van der Waals surface area contributed by atoms with Crippen molar-refractivity contribution in [3.05, 3.63) is 34.9 Å². The zero-order valence-electron chi connectivity index (χ0n) is 10.2. The summed E-state index contributed by atoms with van der Waals surface area (Å²) >= 11 is 5.79. The first-order valence-corrected chi connectivity index (χ1v) is 5.98. The van der Waals surface area contributed by atoms with Crippen LogP contribution in [0.4, 0.5) is 13.2 Å². The van der Waals surface area contributed by atoms with Gasteiger partial charge in [-0.05, 0) is 24.6 Å². The largest absolute Gasteiger partial charge is 0.405 e. The van der Waals surface area contributed by atoms with Crippen LogP contribution in [0.3, 0.4) is 0 Å². The highest BCUT2D eigenvalue weighted by molar-refractivity contribution is 6.30. The molecular weight excluding hydrogens is 281 g/mol. The van der Waals surface area contributed by atoms with Crippen LogP contribution in [0.1, 0.15) is 12.5 Å². The van der Waals surface area contributed by atoms with Gasteiger partial charge in [0.05, 0.1) is 6.04 Å². The molecule has 2 N–H and O–H groups in total. The predicted molar refractivity (Wildman–Crippen MR) is 66.8 cm³/mol. The number of hydrogen-bond acceptors (Lipinski definition) is 2. The van der Waals surface area contributed by atoms with Gasteiger partial charge in [0.25, 0.3) is 0 Å². The molecule has 0 fully saturated rings. The van der Waals surface area contributed by atoms with E-state index >= 15 is 0 Å². The molecule has 1 rings (SSSR count). The Bertz CT molecular complexity index is 437. The van der Waals surface area contributed by atoms with Crippen molar-refractivity contribution < 1.29 is 18.0 Å². The van der Waals surface area contributed by atoms with Crippen LogP contribution in [0.2, 0.25) is 5.02 Å². The minimum atomic E-state index is -4.40. The van der Waals surface area contributed by atoms with Gasteiger partial charge < -0.3 is 10.6 Å². The SMILES string of the molecule is CC(NCc1cccc(Cl)c1)C(=O)NCC(F)(F)F. The number of hydrogen-bond donors (Lipinski definition) is 2. The van der Waals surface area contributed by atoms with E-state index in [4.69, 9.17) is 11.6 Å². The highest BCUT2D eigenvalue weighted by Crippen LogP contribution is 2.12. The van der Waals surface area contributed by atoms with Gasteiger partial charge in [-0.25, -0.2) is 0 Å². The van der Waals surface area contributed by atoms with E-state index in [1.54, 1.807) is 24.3 Å². The van der Waals surface area contributed by atoms with Crippen molar-refractivity contribution in [2.24, 2.45) is 0 Å².